The average Bonchev–Trinajstić information content (AvgIpc) is 2.99. The first-order valence-electron chi connectivity index (χ1n) is 7.27. The van der Waals surface area contributed by atoms with Crippen LogP contribution in [0.15, 0.2) is 52.9 Å². The van der Waals surface area contributed by atoms with Crippen molar-refractivity contribution in [3.05, 3.63) is 70.6 Å². The van der Waals surface area contributed by atoms with Crippen molar-refractivity contribution in [3.63, 3.8) is 0 Å². The molecule has 0 radical (unpaired) electrons. The molecule has 5 nitrogen and oxygen atoms in total. The lowest BCUT2D eigenvalue weighted by molar-refractivity contribution is 0.290. The van der Waals surface area contributed by atoms with Crippen LogP contribution >= 0.6 is 11.3 Å². The summed E-state index contributed by atoms with van der Waals surface area (Å²) in [4.78, 5) is 3.98. The van der Waals surface area contributed by atoms with Crippen LogP contribution in [0.2, 0.25) is 0 Å². The zero-order valence-electron chi connectivity index (χ0n) is 12.9. The van der Waals surface area contributed by atoms with Crippen LogP contribution in [0.25, 0.3) is 0 Å². The molecular formula is C17H14F2N4OS. The van der Waals surface area contributed by atoms with Crippen molar-refractivity contribution in [3.8, 4) is 5.75 Å². The number of nitrogens with zero attached hydrogens (tertiary/aromatic N) is 2. The molecule has 1 heterocycles. The highest BCUT2D eigenvalue weighted by molar-refractivity contribution is 7.14. The predicted octanol–water partition coefficient (Wildman–Crippen LogP) is 4.03. The number of hydrogen-bond acceptors (Lipinski definition) is 6. The van der Waals surface area contributed by atoms with Gasteiger partial charge in [-0.15, -0.1) is 11.3 Å². The monoisotopic (exact) mass is 360 g/mol. The van der Waals surface area contributed by atoms with E-state index in [1.165, 1.54) is 41.8 Å². The number of halogens is 2. The zero-order chi connectivity index (χ0) is 17.6. The molecular weight excluding hydrogens is 346 g/mol. The molecule has 0 aliphatic carbocycles. The van der Waals surface area contributed by atoms with E-state index in [9.17, 15) is 8.78 Å². The summed E-state index contributed by atoms with van der Waals surface area (Å²) in [6.45, 7) is 0.0785. The Labute approximate surface area is 146 Å². The normalized spacial score (nSPS) is 11.0. The van der Waals surface area contributed by atoms with Crippen molar-refractivity contribution >= 4 is 28.5 Å². The largest absolute Gasteiger partial charge is 0.486 e. The first kappa shape index (κ1) is 16.8. The van der Waals surface area contributed by atoms with E-state index in [1.807, 2.05) is 0 Å². The topological polar surface area (TPSA) is 72.5 Å². The van der Waals surface area contributed by atoms with Crippen LogP contribution < -0.4 is 15.9 Å². The predicted molar refractivity (Wildman–Crippen MR) is 94.9 cm³/mol. The maximum atomic E-state index is 14.1. The summed E-state index contributed by atoms with van der Waals surface area (Å²) < 4.78 is 32.6. The second-order valence-electron chi connectivity index (χ2n) is 5.06. The van der Waals surface area contributed by atoms with E-state index in [1.54, 1.807) is 23.6 Å². The summed E-state index contributed by atoms with van der Waals surface area (Å²) in [6.07, 6.45) is 1.46. The van der Waals surface area contributed by atoms with Gasteiger partial charge in [-0.25, -0.2) is 13.8 Å². The number of aromatic nitrogens is 1. The number of benzene rings is 2. The van der Waals surface area contributed by atoms with Crippen LogP contribution in [-0.2, 0) is 6.61 Å². The Bertz CT molecular complexity index is 898. The number of nitrogen functional groups attached to an aromatic ring is 1. The SMILES string of the molecule is Nc1csc(NN=Cc2ccc(OCc3cccc(F)c3)c(F)c2)n1. The molecule has 3 N–H and O–H groups in total. The highest BCUT2D eigenvalue weighted by atomic mass is 32.1. The number of nitrogens with two attached hydrogens (primary N) is 1. The van der Waals surface area contributed by atoms with Crippen molar-refractivity contribution < 1.29 is 13.5 Å². The molecule has 128 valence electrons. The van der Waals surface area contributed by atoms with Gasteiger partial charge >= 0.3 is 0 Å². The Morgan fingerprint density at radius 2 is 2.12 bits per heavy atom. The highest BCUT2D eigenvalue weighted by Crippen LogP contribution is 2.20. The fraction of sp³-hybridized carbons (Fsp3) is 0.0588. The molecule has 0 aliphatic rings. The van der Waals surface area contributed by atoms with E-state index in [2.05, 4.69) is 15.5 Å². The molecule has 0 saturated heterocycles. The third-order valence-corrected chi connectivity index (χ3v) is 3.90. The molecule has 0 fully saturated rings. The van der Waals surface area contributed by atoms with Gasteiger partial charge in [0.15, 0.2) is 11.6 Å². The average molecular weight is 360 g/mol. The summed E-state index contributed by atoms with van der Waals surface area (Å²) in [5, 5.41) is 6.20. The van der Waals surface area contributed by atoms with Crippen molar-refractivity contribution in [2.75, 3.05) is 11.2 Å². The highest BCUT2D eigenvalue weighted by Gasteiger charge is 2.05. The minimum atomic E-state index is -0.529. The Kier molecular flexibility index (Phi) is 5.20. The van der Waals surface area contributed by atoms with Crippen LogP contribution in [0.5, 0.6) is 5.75 Å². The van der Waals surface area contributed by atoms with Crippen molar-refractivity contribution in [2.24, 2.45) is 5.10 Å². The lowest BCUT2D eigenvalue weighted by Crippen LogP contribution is -1.99. The first-order valence-corrected chi connectivity index (χ1v) is 8.15. The number of rotatable bonds is 6. The molecule has 0 saturated carbocycles. The molecule has 8 heteroatoms. The lowest BCUT2D eigenvalue weighted by Gasteiger charge is -2.08. The summed E-state index contributed by atoms with van der Waals surface area (Å²) in [6, 6.07) is 10.4. The molecule has 0 bridgehead atoms. The Morgan fingerprint density at radius 3 is 2.84 bits per heavy atom. The Morgan fingerprint density at radius 1 is 1.24 bits per heavy atom. The summed E-state index contributed by atoms with van der Waals surface area (Å²) in [7, 11) is 0. The smallest absolute Gasteiger partial charge is 0.205 e. The maximum Gasteiger partial charge on any atom is 0.205 e. The molecule has 0 amide bonds. The molecule has 3 aromatic rings. The molecule has 0 atom stereocenters. The molecule has 1 aromatic heterocycles. The van der Waals surface area contributed by atoms with Crippen LogP contribution in [-0.4, -0.2) is 11.2 Å². The fourth-order valence-corrected chi connectivity index (χ4v) is 2.55. The second-order valence-corrected chi connectivity index (χ2v) is 5.91. The number of ether oxygens (including phenoxy) is 1. The Hall–Kier alpha value is -3.00. The van der Waals surface area contributed by atoms with E-state index in [4.69, 9.17) is 10.5 Å². The standard InChI is InChI=1S/C17H14F2N4OS/c18-13-3-1-2-12(6-13)9-24-15-5-4-11(7-14(15)19)8-21-23-17-22-16(20)10-25-17/h1-8,10H,9,20H2,(H,22,23). The molecule has 2 aromatic carbocycles. The molecule has 3 rings (SSSR count). The number of thiazole rings is 1. The first-order chi connectivity index (χ1) is 12.1. The molecule has 0 aliphatic heterocycles. The quantitative estimate of drug-likeness (QED) is 0.514. The van der Waals surface area contributed by atoms with E-state index in [0.29, 0.717) is 22.1 Å². The minimum Gasteiger partial charge on any atom is -0.486 e. The van der Waals surface area contributed by atoms with E-state index in [0.717, 1.165) is 0 Å². The third-order valence-electron chi connectivity index (χ3n) is 3.14. The van der Waals surface area contributed by atoms with Gasteiger partial charge in [0.1, 0.15) is 18.2 Å². The number of hydrazone groups is 1. The van der Waals surface area contributed by atoms with Gasteiger partial charge in [0, 0.05) is 5.38 Å². The van der Waals surface area contributed by atoms with Gasteiger partial charge in [-0.2, -0.15) is 5.10 Å². The molecule has 25 heavy (non-hydrogen) atoms. The summed E-state index contributed by atoms with van der Waals surface area (Å²) in [5.41, 5.74) is 9.38. The maximum absolute atomic E-state index is 14.1. The van der Waals surface area contributed by atoms with Crippen molar-refractivity contribution in [1.29, 1.82) is 0 Å². The van der Waals surface area contributed by atoms with Crippen molar-refractivity contribution in [1.82, 2.24) is 4.98 Å². The zero-order valence-corrected chi connectivity index (χ0v) is 13.8. The van der Waals surface area contributed by atoms with Gasteiger partial charge < -0.3 is 10.5 Å². The second kappa shape index (κ2) is 7.71. The van der Waals surface area contributed by atoms with Gasteiger partial charge in [0.05, 0.1) is 6.21 Å². The van der Waals surface area contributed by atoms with Crippen molar-refractivity contribution in [2.45, 2.75) is 6.61 Å². The fourth-order valence-electron chi connectivity index (χ4n) is 2.00. The minimum absolute atomic E-state index is 0.0785. The third kappa shape index (κ3) is 4.74. The van der Waals surface area contributed by atoms with Gasteiger partial charge in [-0.05, 0) is 41.5 Å². The van der Waals surface area contributed by atoms with Crippen LogP contribution in [0.4, 0.5) is 19.7 Å². The van der Waals surface area contributed by atoms with Crippen LogP contribution in [0, 0.1) is 11.6 Å². The summed E-state index contributed by atoms with van der Waals surface area (Å²) >= 11 is 1.31. The number of anilines is 2. The molecule has 0 spiro atoms. The Balaban J connectivity index is 1.60. The van der Waals surface area contributed by atoms with Gasteiger partial charge in [0.2, 0.25) is 5.13 Å². The van der Waals surface area contributed by atoms with Gasteiger partial charge in [0.25, 0.3) is 0 Å². The van der Waals surface area contributed by atoms with Gasteiger partial charge in [-0.3, -0.25) is 5.43 Å². The molecule has 0 unspecified atom stereocenters. The van der Waals surface area contributed by atoms with Gasteiger partial charge in [-0.1, -0.05) is 12.1 Å². The van der Waals surface area contributed by atoms with Crippen LogP contribution in [0.1, 0.15) is 11.1 Å². The van der Waals surface area contributed by atoms with E-state index >= 15 is 0 Å². The van der Waals surface area contributed by atoms with Crippen LogP contribution in [0.3, 0.4) is 0 Å². The summed E-state index contributed by atoms with van der Waals surface area (Å²) in [5.74, 6) is -0.392. The van der Waals surface area contributed by atoms with E-state index < -0.39 is 5.82 Å². The van der Waals surface area contributed by atoms with E-state index in [-0.39, 0.29) is 18.2 Å². The number of nitrogens with one attached hydrogen (secondary N) is 1. The number of hydrogen-bond donors (Lipinski definition) is 2. The lowest BCUT2D eigenvalue weighted by atomic mass is 10.2.